The Morgan fingerprint density at radius 3 is 2.25 bits per heavy atom. The topological polar surface area (TPSA) is 40.6 Å². The van der Waals surface area contributed by atoms with Crippen LogP contribution >= 0.6 is 0 Å². The van der Waals surface area contributed by atoms with Crippen LogP contribution < -0.4 is 14.4 Å². The molecular formula is C50H47N6+. The van der Waals surface area contributed by atoms with E-state index in [9.17, 15) is 0 Å². The number of aryl methyl sites for hydroxylation is 4. The SMILES string of the molecule is CCC1(CC)CC2(c3ccccc3N3c4cnc(-c5ccccc5C)nc4N(C)C32)c2cccc3c4cc(C)ccc4n4c(-c5c(C)cccc5C)c[n+]1c4c23. The molecule has 6 heteroatoms. The molecule has 3 aliphatic heterocycles. The molecule has 0 radical (unpaired) electrons. The molecule has 1 spiro atoms. The summed E-state index contributed by atoms with van der Waals surface area (Å²) in [7, 11) is 2.27. The van der Waals surface area contributed by atoms with Crippen molar-refractivity contribution >= 4 is 44.5 Å². The Bertz CT molecular complexity index is 2950. The summed E-state index contributed by atoms with van der Waals surface area (Å²) < 4.78 is 5.36. The van der Waals surface area contributed by atoms with Crippen LogP contribution in [-0.4, -0.2) is 27.6 Å². The van der Waals surface area contributed by atoms with Gasteiger partial charge in [-0.05, 0) is 86.6 Å². The van der Waals surface area contributed by atoms with Gasteiger partial charge < -0.3 is 9.80 Å². The Labute approximate surface area is 328 Å². The van der Waals surface area contributed by atoms with Gasteiger partial charge in [-0.15, -0.1) is 0 Å². The van der Waals surface area contributed by atoms with Gasteiger partial charge in [0, 0.05) is 41.1 Å². The van der Waals surface area contributed by atoms with Crippen molar-refractivity contribution in [1.82, 2.24) is 14.4 Å². The fourth-order valence-electron chi connectivity index (χ4n) is 11.3. The summed E-state index contributed by atoms with van der Waals surface area (Å²) in [5.41, 5.74) is 15.7. The molecule has 6 heterocycles. The van der Waals surface area contributed by atoms with Crippen LogP contribution in [0.1, 0.15) is 66.5 Å². The van der Waals surface area contributed by atoms with Crippen LogP contribution in [0.3, 0.4) is 0 Å². The van der Waals surface area contributed by atoms with Gasteiger partial charge in [0.15, 0.2) is 17.3 Å². The van der Waals surface area contributed by atoms with Crippen molar-refractivity contribution in [2.45, 2.75) is 77.9 Å². The lowest BCUT2D eigenvalue weighted by Gasteiger charge is -2.44. The molecule has 8 aromatic rings. The van der Waals surface area contributed by atoms with E-state index in [1.165, 1.54) is 77.6 Å². The first-order chi connectivity index (χ1) is 27.2. The molecule has 0 N–H and O–H groups in total. The highest BCUT2D eigenvalue weighted by Gasteiger charge is 2.63. The Kier molecular flexibility index (Phi) is 6.85. The van der Waals surface area contributed by atoms with E-state index in [4.69, 9.17) is 9.97 Å². The molecule has 5 aromatic carbocycles. The van der Waals surface area contributed by atoms with Gasteiger partial charge in [0.2, 0.25) is 0 Å². The number of nitrogens with zero attached hydrogens (tertiary/aromatic N) is 6. The van der Waals surface area contributed by atoms with Crippen LogP contribution in [0.5, 0.6) is 0 Å². The Hall–Kier alpha value is -6.01. The molecule has 2 atom stereocenters. The Balaban J connectivity index is 1.29. The zero-order chi connectivity index (χ0) is 38.2. The highest BCUT2D eigenvalue weighted by atomic mass is 15.5. The van der Waals surface area contributed by atoms with E-state index >= 15 is 0 Å². The maximum Gasteiger partial charge on any atom is 0.296 e. The van der Waals surface area contributed by atoms with Gasteiger partial charge >= 0.3 is 0 Å². The van der Waals surface area contributed by atoms with Crippen LogP contribution in [0.15, 0.2) is 116 Å². The Morgan fingerprint density at radius 1 is 0.750 bits per heavy atom. The molecule has 3 aromatic heterocycles. The van der Waals surface area contributed by atoms with E-state index in [0.717, 1.165) is 42.2 Å². The fraction of sp³-hybridized carbons (Fsp3) is 0.260. The molecule has 6 nitrogen and oxygen atoms in total. The monoisotopic (exact) mass is 731 g/mol. The van der Waals surface area contributed by atoms with Crippen LogP contribution in [0.4, 0.5) is 17.2 Å². The minimum absolute atomic E-state index is 0.0460. The van der Waals surface area contributed by atoms with E-state index in [-0.39, 0.29) is 11.7 Å². The van der Waals surface area contributed by atoms with Gasteiger partial charge in [0.1, 0.15) is 29.1 Å². The van der Waals surface area contributed by atoms with Gasteiger partial charge in [-0.3, -0.25) is 0 Å². The average Bonchev–Trinajstić information content (AvgIpc) is 3.82. The van der Waals surface area contributed by atoms with E-state index in [1.54, 1.807) is 0 Å². The summed E-state index contributed by atoms with van der Waals surface area (Å²) in [5.74, 6) is 1.76. The number of para-hydroxylation sites is 1. The fourth-order valence-corrected chi connectivity index (χ4v) is 11.3. The largest absolute Gasteiger partial charge is 0.336 e. The summed E-state index contributed by atoms with van der Waals surface area (Å²) >= 11 is 0. The van der Waals surface area contributed by atoms with Crippen molar-refractivity contribution in [2.75, 3.05) is 16.8 Å². The molecule has 3 aliphatic rings. The molecule has 0 aliphatic carbocycles. The second kappa shape index (κ2) is 11.5. The molecule has 0 bridgehead atoms. The highest BCUT2D eigenvalue weighted by molar-refractivity contribution is 6.14. The van der Waals surface area contributed by atoms with Crippen molar-refractivity contribution in [2.24, 2.45) is 0 Å². The van der Waals surface area contributed by atoms with Crippen molar-refractivity contribution < 1.29 is 4.57 Å². The lowest BCUT2D eigenvalue weighted by Crippen LogP contribution is -2.60. The zero-order valence-electron chi connectivity index (χ0n) is 33.4. The zero-order valence-corrected chi connectivity index (χ0v) is 33.4. The number of rotatable bonds is 4. The predicted molar refractivity (Wildman–Crippen MR) is 229 cm³/mol. The third kappa shape index (κ3) is 4.04. The molecule has 0 fully saturated rings. The summed E-state index contributed by atoms with van der Waals surface area (Å²) in [6.45, 7) is 13.7. The first kappa shape index (κ1) is 33.3. The number of imidazole rings is 1. The minimum Gasteiger partial charge on any atom is -0.336 e. The van der Waals surface area contributed by atoms with E-state index in [2.05, 4.69) is 183 Å². The summed E-state index contributed by atoms with van der Waals surface area (Å²) in [6, 6.07) is 38.6. The number of fused-ring (bicyclic) bond motifs is 11. The summed E-state index contributed by atoms with van der Waals surface area (Å²) in [6.07, 6.45) is 7.47. The van der Waals surface area contributed by atoms with Gasteiger partial charge in [-0.1, -0.05) is 104 Å². The highest BCUT2D eigenvalue weighted by Crippen LogP contribution is 2.63. The first-order valence-electron chi connectivity index (χ1n) is 20.3. The number of likely N-dealkylation sites (N-methyl/N-ethyl adjacent to an activating group) is 1. The van der Waals surface area contributed by atoms with Crippen LogP contribution in [0.2, 0.25) is 0 Å². The van der Waals surface area contributed by atoms with Crippen LogP contribution in [0.25, 0.3) is 50.0 Å². The quantitative estimate of drug-likeness (QED) is 0.133. The lowest BCUT2D eigenvalue weighted by molar-refractivity contribution is -0.743. The van der Waals surface area contributed by atoms with Gasteiger partial charge in [-0.2, -0.15) is 4.40 Å². The molecule has 0 saturated heterocycles. The van der Waals surface area contributed by atoms with Gasteiger partial charge in [0.25, 0.3) is 5.65 Å². The normalized spacial score (nSPS) is 19.0. The van der Waals surface area contributed by atoms with Gasteiger partial charge in [-0.25, -0.2) is 14.5 Å². The lowest BCUT2D eigenvalue weighted by atomic mass is 9.64. The van der Waals surface area contributed by atoms with E-state index < -0.39 is 5.41 Å². The maximum absolute atomic E-state index is 5.39. The Morgan fingerprint density at radius 2 is 1.46 bits per heavy atom. The molecule has 0 amide bonds. The number of hydrogen-bond donors (Lipinski definition) is 0. The standard InChI is InChI=1S/C50H47N6/c1-8-49(9-2)29-50(37-21-12-13-23-40(37)56-41-27-51-45(34-19-11-10-16-31(34)4)52-46(41)53(7)48(50)56)38-22-15-20-35-36-26-30(3)24-25-39(36)55-42(28-54(49)47(55)44(35)38)43-32(5)17-14-18-33(43)6/h10-28,48H,8-9,29H2,1-7H3/q+1. The molecule has 11 rings (SSSR count). The summed E-state index contributed by atoms with van der Waals surface area (Å²) in [4.78, 5) is 15.5. The number of hydrogen-bond acceptors (Lipinski definition) is 4. The first-order valence-corrected chi connectivity index (χ1v) is 20.3. The van der Waals surface area contributed by atoms with E-state index in [0.29, 0.717) is 0 Å². The molecule has 2 unspecified atom stereocenters. The smallest absolute Gasteiger partial charge is 0.296 e. The predicted octanol–water partition coefficient (Wildman–Crippen LogP) is 11.0. The maximum atomic E-state index is 5.39. The van der Waals surface area contributed by atoms with Crippen LogP contribution in [-0.2, 0) is 11.0 Å². The third-order valence-corrected chi connectivity index (χ3v) is 14.0. The number of pyridine rings is 1. The molecule has 276 valence electrons. The number of aromatic nitrogens is 4. The van der Waals surface area contributed by atoms with Gasteiger partial charge in [0.05, 0.1) is 17.0 Å². The van der Waals surface area contributed by atoms with Crippen molar-refractivity contribution in [3.05, 3.63) is 149 Å². The second-order valence-electron chi connectivity index (χ2n) is 16.7. The van der Waals surface area contributed by atoms with E-state index in [1.807, 2.05) is 0 Å². The average molecular weight is 732 g/mol. The summed E-state index contributed by atoms with van der Waals surface area (Å²) in [5, 5.41) is 3.95. The molecule has 56 heavy (non-hydrogen) atoms. The van der Waals surface area contributed by atoms with Crippen LogP contribution in [0, 0.1) is 27.7 Å². The molecule has 0 saturated carbocycles. The second-order valence-corrected chi connectivity index (χ2v) is 16.7. The number of anilines is 3. The minimum atomic E-state index is -0.414. The third-order valence-electron chi connectivity index (χ3n) is 14.0. The van der Waals surface area contributed by atoms with Crippen molar-refractivity contribution in [3.63, 3.8) is 0 Å². The van der Waals surface area contributed by atoms with Crippen molar-refractivity contribution in [3.8, 4) is 22.6 Å². The molecular weight excluding hydrogens is 685 g/mol. The van der Waals surface area contributed by atoms with Crippen molar-refractivity contribution in [1.29, 1.82) is 0 Å². The number of benzene rings is 5.